The number of carbonyl (C=O) groups is 1. The van der Waals surface area contributed by atoms with E-state index in [0.717, 1.165) is 11.8 Å². The van der Waals surface area contributed by atoms with Crippen LogP contribution in [0, 0.1) is 27.9 Å². The molecule has 1 aromatic carbocycles. The highest BCUT2D eigenvalue weighted by Crippen LogP contribution is 2.49. The van der Waals surface area contributed by atoms with Gasteiger partial charge in [0.1, 0.15) is 5.56 Å². The summed E-state index contributed by atoms with van der Waals surface area (Å²) >= 11 is 0. The maximum Gasteiger partial charge on any atom is 0.282 e. The Kier molecular flexibility index (Phi) is 3.66. The third-order valence-corrected chi connectivity index (χ3v) is 5.14. The normalized spacial score (nSPS) is 28.3. The average Bonchev–Trinajstić information content (AvgIpc) is 3.09. The van der Waals surface area contributed by atoms with Gasteiger partial charge in [0.25, 0.3) is 11.6 Å². The monoisotopic (exact) mass is 288 g/mol. The van der Waals surface area contributed by atoms with E-state index >= 15 is 0 Å². The lowest BCUT2D eigenvalue weighted by atomic mass is 9.84. The smallest absolute Gasteiger partial charge is 0.282 e. The first-order valence-electron chi connectivity index (χ1n) is 7.60. The van der Waals surface area contributed by atoms with Crippen LogP contribution in [-0.4, -0.2) is 16.9 Å². The predicted molar refractivity (Wildman–Crippen MR) is 79.0 cm³/mol. The molecule has 2 bridgehead atoms. The number of para-hydroxylation sites is 1. The molecule has 3 rings (SSSR count). The molecule has 0 aliphatic heterocycles. The van der Waals surface area contributed by atoms with E-state index < -0.39 is 4.92 Å². The number of rotatable bonds is 4. The van der Waals surface area contributed by atoms with Crippen molar-refractivity contribution in [2.75, 3.05) is 0 Å². The van der Waals surface area contributed by atoms with Crippen LogP contribution in [0.25, 0.3) is 0 Å². The van der Waals surface area contributed by atoms with Gasteiger partial charge >= 0.3 is 0 Å². The van der Waals surface area contributed by atoms with Gasteiger partial charge in [-0.2, -0.15) is 0 Å². The quantitative estimate of drug-likeness (QED) is 0.683. The minimum Gasteiger partial charge on any atom is -0.349 e. The summed E-state index contributed by atoms with van der Waals surface area (Å²) in [6, 6.07) is 6.20. The number of hydrogen-bond donors (Lipinski definition) is 1. The van der Waals surface area contributed by atoms with Gasteiger partial charge in [0.15, 0.2) is 0 Å². The van der Waals surface area contributed by atoms with E-state index in [1.165, 1.54) is 37.8 Å². The van der Waals surface area contributed by atoms with Gasteiger partial charge in [-0.3, -0.25) is 14.9 Å². The largest absolute Gasteiger partial charge is 0.349 e. The standard InChI is InChI=1S/C16H20N2O3/c1-10(14-9-11-6-7-12(14)8-11)17-16(19)13-4-2-3-5-15(13)18(20)21/h2-5,10-12,14H,6-9H2,1H3,(H,17,19)/t10-,11+,12+,14-/m1/s1. The maximum absolute atomic E-state index is 12.3. The fourth-order valence-corrected chi connectivity index (χ4v) is 4.12. The Morgan fingerprint density at radius 1 is 1.33 bits per heavy atom. The van der Waals surface area contributed by atoms with E-state index in [1.54, 1.807) is 12.1 Å². The van der Waals surface area contributed by atoms with Gasteiger partial charge in [-0.1, -0.05) is 18.6 Å². The second-order valence-corrected chi connectivity index (χ2v) is 6.38. The van der Waals surface area contributed by atoms with Crippen molar-refractivity contribution in [3.63, 3.8) is 0 Å². The number of nitrogens with one attached hydrogen (secondary N) is 1. The van der Waals surface area contributed by atoms with Crippen molar-refractivity contribution in [3.05, 3.63) is 39.9 Å². The lowest BCUT2D eigenvalue weighted by molar-refractivity contribution is -0.385. The fraction of sp³-hybridized carbons (Fsp3) is 0.562. The van der Waals surface area contributed by atoms with Crippen molar-refractivity contribution in [1.82, 2.24) is 5.32 Å². The van der Waals surface area contributed by atoms with Crippen LogP contribution in [0.15, 0.2) is 24.3 Å². The van der Waals surface area contributed by atoms with E-state index in [9.17, 15) is 14.9 Å². The Balaban J connectivity index is 1.70. The lowest BCUT2D eigenvalue weighted by Crippen LogP contribution is -2.40. The third kappa shape index (κ3) is 2.64. The summed E-state index contributed by atoms with van der Waals surface area (Å²) in [5.41, 5.74) is 0.0210. The molecule has 2 aliphatic carbocycles. The third-order valence-electron chi connectivity index (χ3n) is 5.14. The molecule has 0 spiro atoms. The summed E-state index contributed by atoms with van der Waals surface area (Å²) in [6.45, 7) is 2.03. The number of hydrogen-bond acceptors (Lipinski definition) is 3. The second-order valence-electron chi connectivity index (χ2n) is 6.38. The SMILES string of the molecule is C[C@@H](NC(=O)c1ccccc1[N+](=O)[O-])[C@H]1C[C@H]2CC[C@H]1C2. The molecular weight excluding hydrogens is 268 g/mol. The topological polar surface area (TPSA) is 72.2 Å². The molecule has 0 radical (unpaired) electrons. The van der Waals surface area contributed by atoms with Crippen molar-refractivity contribution in [2.24, 2.45) is 17.8 Å². The van der Waals surface area contributed by atoms with Crippen molar-refractivity contribution < 1.29 is 9.72 Å². The van der Waals surface area contributed by atoms with Crippen molar-refractivity contribution in [2.45, 2.75) is 38.6 Å². The molecular formula is C16H20N2O3. The highest BCUT2D eigenvalue weighted by molar-refractivity contribution is 5.98. The molecule has 4 atom stereocenters. The Morgan fingerprint density at radius 3 is 2.71 bits per heavy atom. The molecule has 1 N–H and O–H groups in total. The van der Waals surface area contributed by atoms with Crippen LogP contribution in [-0.2, 0) is 0 Å². The average molecular weight is 288 g/mol. The number of nitrogens with zero attached hydrogens (tertiary/aromatic N) is 1. The first-order chi connectivity index (χ1) is 10.1. The Bertz CT molecular complexity index is 572. The van der Waals surface area contributed by atoms with E-state index in [-0.39, 0.29) is 23.2 Å². The van der Waals surface area contributed by atoms with E-state index in [1.807, 2.05) is 6.92 Å². The Labute approximate surface area is 123 Å². The molecule has 2 fully saturated rings. The number of benzene rings is 1. The molecule has 5 nitrogen and oxygen atoms in total. The number of fused-ring (bicyclic) bond motifs is 2. The zero-order valence-corrected chi connectivity index (χ0v) is 12.1. The van der Waals surface area contributed by atoms with Crippen LogP contribution in [0.1, 0.15) is 43.0 Å². The molecule has 2 saturated carbocycles. The number of carbonyl (C=O) groups excluding carboxylic acids is 1. The molecule has 0 heterocycles. The first-order valence-corrected chi connectivity index (χ1v) is 7.60. The van der Waals surface area contributed by atoms with Crippen molar-refractivity contribution >= 4 is 11.6 Å². The molecule has 112 valence electrons. The van der Waals surface area contributed by atoms with Gasteiger partial charge in [-0.15, -0.1) is 0 Å². The van der Waals surface area contributed by atoms with Crippen LogP contribution < -0.4 is 5.32 Å². The molecule has 1 amide bonds. The number of amides is 1. The van der Waals surface area contributed by atoms with Crippen LogP contribution in [0.4, 0.5) is 5.69 Å². The van der Waals surface area contributed by atoms with Gasteiger partial charge in [0.2, 0.25) is 0 Å². The van der Waals surface area contributed by atoms with E-state index in [0.29, 0.717) is 5.92 Å². The lowest BCUT2D eigenvalue weighted by Gasteiger charge is -2.28. The molecule has 1 aromatic rings. The highest BCUT2D eigenvalue weighted by atomic mass is 16.6. The minimum absolute atomic E-state index is 0.0765. The van der Waals surface area contributed by atoms with Gasteiger partial charge in [-0.05, 0) is 50.0 Å². The van der Waals surface area contributed by atoms with Gasteiger partial charge in [0.05, 0.1) is 4.92 Å². The summed E-state index contributed by atoms with van der Waals surface area (Å²) in [5, 5.41) is 14.0. The zero-order valence-electron chi connectivity index (χ0n) is 12.1. The summed E-state index contributed by atoms with van der Waals surface area (Å²) < 4.78 is 0. The van der Waals surface area contributed by atoms with Crippen LogP contribution in [0.3, 0.4) is 0 Å². The number of nitro benzene ring substituents is 1. The molecule has 0 saturated heterocycles. The molecule has 21 heavy (non-hydrogen) atoms. The summed E-state index contributed by atoms with van der Waals surface area (Å²) in [6.07, 6.45) is 5.06. The predicted octanol–water partition coefficient (Wildman–Crippen LogP) is 3.15. The summed E-state index contributed by atoms with van der Waals surface area (Å²) in [7, 11) is 0. The van der Waals surface area contributed by atoms with E-state index in [2.05, 4.69) is 5.32 Å². The molecule has 5 heteroatoms. The second kappa shape index (κ2) is 5.47. The maximum atomic E-state index is 12.3. The van der Waals surface area contributed by atoms with Crippen molar-refractivity contribution in [1.29, 1.82) is 0 Å². The Morgan fingerprint density at radius 2 is 2.10 bits per heavy atom. The van der Waals surface area contributed by atoms with Crippen LogP contribution >= 0.6 is 0 Å². The van der Waals surface area contributed by atoms with Crippen LogP contribution in [0.5, 0.6) is 0 Å². The molecule has 0 aromatic heterocycles. The number of nitro groups is 1. The first kappa shape index (κ1) is 14.0. The zero-order chi connectivity index (χ0) is 15.0. The van der Waals surface area contributed by atoms with Gasteiger partial charge < -0.3 is 5.32 Å². The summed E-state index contributed by atoms with van der Waals surface area (Å²) in [5.74, 6) is 1.73. The van der Waals surface area contributed by atoms with Gasteiger partial charge in [0, 0.05) is 12.1 Å². The van der Waals surface area contributed by atoms with Crippen molar-refractivity contribution in [3.8, 4) is 0 Å². The fourth-order valence-electron chi connectivity index (χ4n) is 4.12. The van der Waals surface area contributed by atoms with Gasteiger partial charge in [-0.25, -0.2) is 0 Å². The minimum atomic E-state index is -0.503. The summed E-state index contributed by atoms with van der Waals surface area (Å²) in [4.78, 5) is 22.8. The Hall–Kier alpha value is -1.91. The van der Waals surface area contributed by atoms with Crippen LogP contribution in [0.2, 0.25) is 0 Å². The molecule has 2 aliphatic rings. The molecule has 0 unspecified atom stereocenters. The van der Waals surface area contributed by atoms with E-state index in [4.69, 9.17) is 0 Å². The highest BCUT2D eigenvalue weighted by Gasteiger charge is 2.42.